The third-order valence-corrected chi connectivity index (χ3v) is 3.25. The Morgan fingerprint density at radius 3 is 2.79 bits per heavy atom. The highest BCUT2D eigenvalue weighted by Gasteiger charge is 2.25. The first-order chi connectivity index (χ1) is 9.29. The second kappa shape index (κ2) is 4.90. The zero-order valence-electron chi connectivity index (χ0n) is 10.7. The first-order valence-corrected chi connectivity index (χ1v) is 6.35. The number of benzene rings is 1. The smallest absolute Gasteiger partial charge is 0.227 e. The van der Waals surface area contributed by atoms with Crippen molar-refractivity contribution in [3.63, 3.8) is 0 Å². The molecule has 4 heteroatoms. The molecule has 0 radical (unpaired) electrons. The summed E-state index contributed by atoms with van der Waals surface area (Å²) < 4.78 is 13.4. The van der Waals surface area contributed by atoms with E-state index in [2.05, 4.69) is 0 Å². The van der Waals surface area contributed by atoms with Gasteiger partial charge in [-0.3, -0.25) is 4.79 Å². The quantitative estimate of drug-likeness (QED) is 0.829. The van der Waals surface area contributed by atoms with Crippen molar-refractivity contribution in [1.29, 1.82) is 0 Å². The van der Waals surface area contributed by atoms with E-state index >= 15 is 0 Å². The second-order valence-corrected chi connectivity index (χ2v) is 4.41. The number of hydrogen-bond acceptors (Lipinski definition) is 3. The largest absolute Gasteiger partial charge is 0.455 e. The number of aryl methyl sites for hydroxylation is 1. The summed E-state index contributed by atoms with van der Waals surface area (Å²) in [5.74, 6) is 0.407. The molecule has 0 N–H and O–H groups in total. The van der Waals surface area contributed by atoms with Crippen LogP contribution in [0, 0.1) is 0 Å². The topological polar surface area (TPSA) is 40.5 Å². The van der Waals surface area contributed by atoms with E-state index in [1.807, 2.05) is 41.8 Å². The summed E-state index contributed by atoms with van der Waals surface area (Å²) in [4.78, 5) is 11.9. The van der Waals surface area contributed by atoms with Crippen molar-refractivity contribution < 1.29 is 9.47 Å². The van der Waals surface area contributed by atoms with Crippen LogP contribution in [0.15, 0.2) is 47.4 Å². The van der Waals surface area contributed by atoms with Crippen molar-refractivity contribution in [1.82, 2.24) is 4.57 Å². The first kappa shape index (κ1) is 12.0. The summed E-state index contributed by atoms with van der Waals surface area (Å²) in [7, 11) is 0. The maximum Gasteiger partial charge on any atom is 0.227 e. The molecule has 0 bridgehead atoms. The molecule has 0 saturated heterocycles. The van der Waals surface area contributed by atoms with Gasteiger partial charge in [-0.05, 0) is 6.92 Å². The van der Waals surface area contributed by atoms with Gasteiger partial charge in [0.15, 0.2) is 5.75 Å². The summed E-state index contributed by atoms with van der Waals surface area (Å²) in [5, 5.41) is 0. The highest BCUT2D eigenvalue weighted by molar-refractivity contribution is 5.30. The number of rotatable bonds is 2. The van der Waals surface area contributed by atoms with E-state index in [1.54, 1.807) is 6.20 Å². The molecule has 0 spiro atoms. The maximum absolute atomic E-state index is 11.9. The van der Waals surface area contributed by atoms with Crippen LogP contribution in [0.1, 0.15) is 24.5 Å². The molecule has 1 atom stereocenters. The van der Waals surface area contributed by atoms with Crippen molar-refractivity contribution in [3.8, 4) is 5.75 Å². The molecule has 0 fully saturated rings. The van der Waals surface area contributed by atoms with Crippen LogP contribution < -0.4 is 10.2 Å². The van der Waals surface area contributed by atoms with Crippen molar-refractivity contribution in [2.24, 2.45) is 0 Å². The molecule has 2 heterocycles. The SMILES string of the molecule is CCn1ccc(=O)c2c1COC(c1ccccc1)O2. The fourth-order valence-corrected chi connectivity index (χ4v) is 2.24. The Labute approximate surface area is 111 Å². The van der Waals surface area contributed by atoms with E-state index in [4.69, 9.17) is 9.47 Å². The monoisotopic (exact) mass is 257 g/mol. The lowest BCUT2D eigenvalue weighted by Crippen LogP contribution is -2.26. The molecular formula is C15H15NO3. The summed E-state index contributed by atoms with van der Waals surface area (Å²) >= 11 is 0. The Balaban J connectivity index is 1.98. The molecule has 1 unspecified atom stereocenters. The van der Waals surface area contributed by atoms with E-state index in [0.29, 0.717) is 12.4 Å². The van der Waals surface area contributed by atoms with Crippen molar-refractivity contribution >= 4 is 0 Å². The third kappa shape index (κ3) is 2.15. The molecule has 2 aromatic rings. The molecular weight excluding hydrogens is 242 g/mol. The van der Waals surface area contributed by atoms with Gasteiger partial charge in [-0.25, -0.2) is 0 Å². The van der Waals surface area contributed by atoms with Gasteiger partial charge in [-0.1, -0.05) is 30.3 Å². The minimum absolute atomic E-state index is 0.0936. The van der Waals surface area contributed by atoms with Crippen LogP contribution in [-0.2, 0) is 17.9 Å². The zero-order valence-corrected chi connectivity index (χ0v) is 10.7. The lowest BCUT2D eigenvalue weighted by molar-refractivity contribution is -0.115. The molecule has 1 aliphatic heterocycles. The average Bonchev–Trinajstić information content (AvgIpc) is 2.48. The Kier molecular flexibility index (Phi) is 3.09. The first-order valence-electron chi connectivity index (χ1n) is 6.35. The van der Waals surface area contributed by atoms with Crippen molar-refractivity contribution in [2.75, 3.05) is 0 Å². The normalized spacial score (nSPS) is 17.6. The average molecular weight is 257 g/mol. The number of fused-ring (bicyclic) bond motifs is 1. The molecule has 4 nitrogen and oxygen atoms in total. The zero-order chi connectivity index (χ0) is 13.2. The van der Waals surface area contributed by atoms with Crippen molar-refractivity contribution in [3.05, 3.63) is 64.1 Å². The van der Waals surface area contributed by atoms with Gasteiger partial charge in [0.1, 0.15) is 0 Å². The van der Waals surface area contributed by atoms with Gasteiger partial charge >= 0.3 is 0 Å². The number of nitrogens with zero attached hydrogens (tertiary/aromatic N) is 1. The minimum atomic E-state index is -0.505. The van der Waals surface area contributed by atoms with Crippen LogP contribution >= 0.6 is 0 Å². The second-order valence-electron chi connectivity index (χ2n) is 4.41. The molecule has 0 saturated carbocycles. The van der Waals surface area contributed by atoms with Crippen LogP contribution in [0.3, 0.4) is 0 Å². The van der Waals surface area contributed by atoms with Gasteiger partial charge in [0.25, 0.3) is 0 Å². The Morgan fingerprint density at radius 1 is 1.26 bits per heavy atom. The van der Waals surface area contributed by atoms with Crippen LogP contribution in [-0.4, -0.2) is 4.57 Å². The van der Waals surface area contributed by atoms with Crippen LogP contribution in [0.5, 0.6) is 5.75 Å². The number of hydrogen-bond donors (Lipinski definition) is 0. The molecule has 0 amide bonds. The predicted octanol–water partition coefficient (Wildman–Crippen LogP) is 2.48. The van der Waals surface area contributed by atoms with Gasteiger partial charge in [-0.2, -0.15) is 0 Å². The molecule has 98 valence electrons. The number of pyridine rings is 1. The fraction of sp³-hybridized carbons (Fsp3) is 0.267. The lowest BCUT2D eigenvalue weighted by atomic mass is 10.2. The van der Waals surface area contributed by atoms with Gasteiger partial charge in [0.05, 0.1) is 12.3 Å². The van der Waals surface area contributed by atoms with E-state index < -0.39 is 6.29 Å². The van der Waals surface area contributed by atoms with Gasteiger partial charge < -0.3 is 14.0 Å². The van der Waals surface area contributed by atoms with E-state index in [1.165, 1.54) is 6.07 Å². The van der Waals surface area contributed by atoms with Gasteiger partial charge in [0, 0.05) is 24.4 Å². The van der Waals surface area contributed by atoms with Gasteiger partial charge in [0.2, 0.25) is 11.7 Å². The maximum atomic E-state index is 11.9. The summed E-state index contributed by atoms with van der Waals surface area (Å²) in [6, 6.07) is 11.2. The molecule has 19 heavy (non-hydrogen) atoms. The third-order valence-electron chi connectivity index (χ3n) is 3.25. The fourth-order valence-electron chi connectivity index (χ4n) is 2.24. The summed E-state index contributed by atoms with van der Waals surface area (Å²) in [6.07, 6.45) is 1.27. The molecule has 3 rings (SSSR count). The standard InChI is InChI=1S/C15H15NO3/c1-2-16-9-8-13(17)14-12(16)10-18-15(19-14)11-6-4-3-5-7-11/h3-9,15H,2,10H2,1H3. The molecule has 0 aliphatic carbocycles. The molecule has 1 aliphatic rings. The summed E-state index contributed by atoms with van der Waals surface area (Å²) in [5.41, 5.74) is 1.63. The highest BCUT2D eigenvalue weighted by Crippen LogP contribution is 2.30. The predicted molar refractivity (Wildman–Crippen MR) is 71.0 cm³/mol. The number of aromatic nitrogens is 1. The van der Waals surface area contributed by atoms with Gasteiger partial charge in [-0.15, -0.1) is 0 Å². The van der Waals surface area contributed by atoms with E-state index in [-0.39, 0.29) is 5.43 Å². The van der Waals surface area contributed by atoms with Crippen LogP contribution in [0.2, 0.25) is 0 Å². The summed E-state index contributed by atoms with van der Waals surface area (Å²) in [6.45, 7) is 3.19. The Hall–Kier alpha value is -2.07. The molecule has 1 aromatic heterocycles. The van der Waals surface area contributed by atoms with Crippen molar-refractivity contribution in [2.45, 2.75) is 26.4 Å². The Bertz CT molecular complexity index is 634. The van der Waals surface area contributed by atoms with E-state index in [0.717, 1.165) is 17.8 Å². The molecule has 1 aromatic carbocycles. The van der Waals surface area contributed by atoms with E-state index in [9.17, 15) is 4.79 Å². The minimum Gasteiger partial charge on any atom is -0.455 e. The van der Waals surface area contributed by atoms with Crippen LogP contribution in [0.4, 0.5) is 0 Å². The van der Waals surface area contributed by atoms with Crippen LogP contribution in [0.25, 0.3) is 0 Å². The lowest BCUT2D eigenvalue weighted by Gasteiger charge is -2.27. The Morgan fingerprint density at radius 2 is 2.05 bits per heavy atom. The number of ether oxygens (including phenoxy) is 2. The highest BCUT2D eigenvalue weighted by atomic mass is 16.7.